The van der Waals surface area contributed by atoms with Gasteiger partial charge < -0.3 is 15.4 Å². The number of halogens is 1. The van der Waals surface area contributed by atoms with Gasteiger partial charge in [0.15, 0.2) is 15.7 Å². The molecule has 0 fully saturated rings. The molecule has 0 aliphatic rings. The molecule has 0 saturated carbocycles. The average molecular weight is 531 g/mol. The van der Waals surface area contributed by atoms with E-state index in [1.165, 1.54) is 11.8 Å². The number of aryl methyl sites for hydroxylation is 1. The number of aromatic nitrogens is 2. The van der Waals surface area contributed by atoms with Crippen molar-refractivity contribution in [2.24, 2.45) is 0 Å². The molecule has 0 radical (unpaired) electrons. The molecule has 2 N–H and O–H groups in total. The predicted octanol–water partition coefficient (Wildman–Crippen LogP) is 7.41. The third-order valence-corrected chi connectivity index (χ3v) is 8.42. The summed E-state index contributed by atoms with van der Waals surface area (Å²) in [5, 5.41) is 6.03. The topological polar surface area (TPSA) is 93.2 Å². The second kappa shape index (κ2) is 11.5. The van der Waals surface area contributed by atoms with Crippen molar-refractivity contribution >= 4 is 44.6 Å². The smallest absolute Gasteiger partial charge is 0.229 e. The van der Waals surface area contributed by atoms with E-state index in [2.05, 4.69) is 47.4 Å². The number of hydrogen-bond donors (Lipinski definition) is 2. The van der Waals surface area contributed by atoms with Crippen LogP contribution in [0.5, 0.6) is 5.75 Å². The van der Waals surface area contributed by atoms with Crippen LogP contribution in [0.4, 0.5) is 23.1 Å². The lowest BCUT2D eigenvalue weighted by atomic mass is 9.93. The molecule has 194 valence electrons. The number of sulfone groups is 1. The zero-order valence-electron chi connectivity index (χ0n) is 21.9. The van der Waals surface area contributed by atoms with Gasteiger partial charge >= 0.3 is 0 Å². The minimum absolute atomic E-state index is 0.0131. The van der Waals surface area contributed by atoms with Crippen LogP contribution in [0.3, 0.4) is 0 Å². The maximum absolute atomic E-state index is 12.9. The van der Waals surface area contributed by atoms with Crippen LogP contribution in [-0.4, -0.2) is 29.7 Å². The van der Waals surface area contributed by atoms with E-state index in [0.29, 0.717) is 29.1 Å². The maximum Gasteiger partial charge on any atom is 0.229 e. The van der Waals surface area contributed by atoms with Crippen LogP contribution in [0.2, 0.25) is 5.02 Å². The van der Waals surface area contributed by atoms with Crippen molar-refractivity contribution in [2.75, 3.05) is 10.6 Å². The lowest BCUT2D eigenvalue weighted by Gasteiger charge is -2.20. The molecule has 2 aromatic carbocycles. The Labute approximate surface area is 219 Å². The summed E-state index contributed by atoms with van der Waals surface area (Å²) in [6.45, 7) is 13.7. The first-order chi connectivity index (χ1) is 16.9. The zero-order chi connectivity index (χ0) is 26.6. The summed E-state index contributed by atoms with van der Waals surface area (Å²) >= 11 is 6.39. The van der Waals surface area contributed by atoms with Crippen LogP contribution in [0.25, 0.3) is 0 Å². The minimum atomic E-state index is -3.52. The summed E-state index contributed by atoms with van der Waals surface area (Å²) in [7, 11) is -3.52. The van der Waals surface area contributed by atoms with Crippen molar-refractivity contribution in [1.82, 2.24) is 9.97 Å². The van der Waals surface area contributed by atoms with Crippen LogP contribution in [0.15, 0.2) is 47.5 Å². The van der Waals surface area contributed by atoms with Crippen LogP contribution < -0.4 is 15.4 Å². The number of nitrogens with zero attached hydrogens (tertiary/aromatic N) is 2. The van der Waals surface area contributed by atoms with Crippen molar-refractivity contribution in [3.63, 3.8) is 0 Å². The largest absolute Gasteiger partial charge is 0.489 e. The highest BCUT2D eigenvalue weighted by Crippen LogP contribution is 2.36. The Bertz CT molecular complexity index is 1330. The molecule has 3 rings (SSSR count). The van der Waals surface area contributed by atoms with Crippen molar-refractivity contribution in [3.05, 3.63) is 58.7 Å². The molecule has 7 nitrogen and oxygen atoms in total. The Morgan fingerprint density at radius 1 is 1.03 bits per heavy atom. The fourth-order valence-corrected chi connectivity index (χ4v) is 5.08. The molecular weight excluding hydrogens is 496 g/mol. The molecule has 0 saturated heterocycles. The molecule has 0 bridgehead atoms. The number of hydrogen-bond acceptors (Lipinski definition) is 7. The molecule has 0 aliphatic heterocycles. The molecule has 1 unspecified atom stereocenters. The molecular formula is C27H35ClN4O3S. The van der Waals surface area contributed by atoms with Crippen LogP contribution in [0.1, 0.15) is 65.0 Å². The van der Waals surface area contributed by atoms with Gasteiger partial charge in [0.1, 0.15) is 10.8 Å². The van der Waals surface area contributed by atoms with Crippen molar-refractivity contribution in [2.45, 2.75) is 77.1 Å². The standard InChI is InChI=1S/C27H35ClN4O3S/c1-8-18(6)20-14-24(35-16(2)3)23(13-19(20)7)31-27-29-15-21(28)26(32-27)30-22-11-9-10-12-25(22)36(33,34)17(4)5/h9-18H,8H2,1-7H3,(H2,29,30,31,32). The third kappa shape index (κ3) is 6.28. The predicted molar refractivity (Wildman–Crippen MR) is 148 cm³/mol. The van der Waals surface area contributed by atoms with Gasteiger partial charge in [0.05, 0.1) is 33.8 Å². The SMILES string of the molecule is CCC(C)c1cc(OC(C)C)c(Nc2ncc(Cl)c(Nc3ccccc3S(=O)(=O)C(C)C)n2)cc1C. The van der Waals surface area contributed by atoms with E-state index in [4.69, 9.17) is 16.3 Å². The van der Waals surface area contributed by atoms with Crippen LogP contribution >= 0.6 is 11.6 Å². The van der Waals surface area contributed by atoms with Gasteiger partial charge in [-0.3, -0.25) is 0 Å². The Kier molecular flexibility index (Phi) is 8.84. The fourth-order valence-electron chi connectivity index (χ4n) is 3.74. The molecule has 1 heterocycles. The quantitative estimate of drug-likeness (QED) is 0.282. The summed E-state index contributed by atoms with van der Waals surface area (Å²) in [6, 6.07) is 10.8. The van der Waals surface area contributed by atoms with Gasteiger partial charge in [0, 0.05) is 0 Å². The van der Waals surface area contributed by atoms with Gasteiger partial charge in [-0.15, -0.1) is 0 Å². The number of anilines is 4. The highest BCUT2D eigenvalue weighted by atomic mass is 35.5. The summed E-state index contributed by atoms with van der Waals surface area (Å²) in [4.78, 5) is 9.06. The summed E-state index contributed by atoms with van der Waals surface area (Å²) in [6.07, 6.45) is 2.49. The number of benzene rings is 2. The van der Waals surface area contributed by atoms with Crippen molar-refractivity contribution in [3.8, 4) is 5.75 Å². The maximum atomic E-state index is 12.9. The number of nitrogens with one attached hydrogen (secondary N) is 2. The Morgan fingerprint density at radius 2 is 1.72 bits per heavy atom. The van der Waals surface area contributed by atoms with Crippen LogP contribution in [0, 0.1) is 6.92 Å². The van der Waals surface area contributed by atoms with Crippen molar-refractivity contribution < 1.29 is 13.2 Å². The third-order valence-electron chi connectivity index (χ3n) is 5.93. The lowest BCUT2D eigenvalue weighted by molar-refractivity contribution is 0.243. The first-order valence-electron chi connectivity index (χ1n) is 12.1. The van der Waals surface area contributed by atoms with Gasteiger partial charge in [-0.05, 0) is 82.3 Å². The second-order valence-corrected chi connectivity index (χ2v) is 12.3. The van der Waals surface area contributed by atoms with E-state index in [-0.39, 0.29) is 16.0 Å². The monoisotopic (exact) mass is 530 g/mol. The molecule has 0 aliphatic carbocycles. The number of para-hydroxylation sites is 1. The Morgan fingerprint density at radius 3 is 2.36 bits per heavy atom. The number of rotatable bonds is 10. The number of ether oxygens (including phenoxy) is 1. The molecule has 1 aromatic heterocycles. The van der Waals surface area contributed by atoms with Gasteiger partial charge in [-0.2, -0.15) is 4.98 Å². The zero-order valence-corrected chi connectivity index (χ0v) is 23.5. The summed E-state index contributed by atoms with van der Waals surface area (Å²) in [5.74, 6) is 1.71. The normalized spacial score (nSPS) is 12.6. The lowest BCUT2D eigenvalue weighted by Crippen LogP contribution is -2.15. The average Bonchev–Trinajstić information content (AvgIpc) is 2.82. The summed E-state index contributed by atoms with van der Waals surface area (Å²) in [5.41, 5.74) is 3.52. The van der Waals surface area contributed by atoms with E-state index < -0.39 is 15.1 Å². The molecule has 36 heavy (non-hydrogen) atoms. The van der Waals surface area contributed by atoms with E-state index >= 15 is 0 Å². The van der Waals surface area contributed by atoms with Gasteiger partial charge in [0.25, 0.3) is 0 Å². The van der Waals surface area contributed by atoms with E-state index in [1.807, 2.05) is 19.9 Å². The molecule has 0 amide bonds. The molecule has 0 spiro atoms. The Hall–Kier alpha value is -2.84. The van der Waals surface area contributed by atoms with Gasteiger partial charge in [-0.25, -0.2) is 13.4 Å². The fraction of sp³-hybridized carbons (Fsp3) is 0.407. The molecule has 1 atom stereocenters. The van der Waals surface area contributed by atoms with Crippen molar-refractivity contribution in [1.29, 1.82) is 0 Å². The van der Waals surface area contributed by atoms with E-state index in [1.54, 1.807) is 38.1 Å². The Balaban J connectivity index is 1.99. The van der Waals surface area contributed by atoms with Crippen LogP contribution in [-0.2, 0) is 9.84 Å². The second-order valence-electron chi connectivity index (χ2n) is 9.41. The highest BCUT2D eigenvalue weighted by molar-refractivity contribution is 7.92. The highest BCUT2D eigenvalue weighted by Gasteiger charge is 2.23. The molecule has 3 aromatic rings. The molecule has 9 heteroatoms. The first-order valence-corrected chi connectivity index (χ1v) is 14.1. The van der Waals surface area contributed by atoms with Gasteiger partial charge in [-0.1, -0.05) is 37.6 Å². The first kappa shape index (κ1) is 27.7. The summed E-state index contributed by atoms with van der Waals surface area (Å²) < 4.78 is 31.8. The van der Waals surface area contributed by atoms with Gasteiger partial charge in [0.2, 0.25) is 5.95 Å². The van der Waals surface area contributed by atoms with E-state index in [0.717, 1.165) is 17.7 Å². The van der Waals surface area contributed by atoms with E-state index in [9.17, 15) is 8.42 Å². The minimum Gasteiger partial charge on any atom is -0.489 e.